The van der Waals surface area contributed by atoms with Gasteiger partial charge in [-0.3, -0.25) is 5.10 Å². The molecule has 0 saturated carbocycles. The topological polar surface area (TPSA) is 28.7 Å². The Hall–Kier alpha value is -1.00. The Morgan fingerprint density at radius 2 is 2.00 bits per heavy atom. The minimum Gasteiger partial charge on any atom is -0.267 e. The van der Waals surface area contributed by atoms with Gasteiger partial charge in [-0.05, 0) is 48.9 Å². The van der Waals surface area contributed by atoms with Crippen LogP contribution in [0.15, 0.2) is 11.4 Å². The minimum absolute atomic E-state index is 0.727. The van der Waals surface area contributed by atoms with Crippen LogP contribution in [0.4, 0.5) is 0 Å². The number of hydrogen-bond acceptors (Lipinski definition) is 3. The second kappa shape index (κ2) is 3.87. The molecule has 2 heterocycles. The van der Waals surface area contributed by atoms with Gasteiger partial charge in [-0.25, -0.2) is 0 Å². The van der Waals surface area contributed by atoms with Crippen LogP contribution < -0.4 is 0 Å². The summed E-state index contributed by atoms with van der Waals surface area (Å²) in [6.07, 6.45) is 0. The summed E-state index contributed by atoms with van der Waals surface area (Å²) in [6.45, 7) is 6.20. The van der Waals surface area contributed by atoms with Gasteiger partial charge in [0.2, 0.25) is 0 Å². The molecule has 0 bridgehead atoms. The van der Waals surface area contributed by atoms with Gasteiger partial charge in [-0.2, -0.15) is 5.10 Å². The first-order valence-electron chi connectivity index (χ1n) is 4.71. The van der Waals surface area contributed by atoms with Crippen LogP contribution in [0.2, 0.25) is 0 Å². The molecule has 0 aliphatic carbocycles. The maximum atomic E-state index is 5.15. The van der Waals surface area contributed by atoms with Gasteiger partial charge in [0, 0.05) is 0 Å². The van der Waals surface area contributed by atoms with E-state index in [1.807, 2.05) is 6.92 Å². The number of nitrogens with one attached hydrogen (secondary N) is 1. The number of H-pyrrole nitrogens is 1. The van der Waals surface area contributed by atoms with Crippen LogP contribution in [0.5, 0.6) is 0 Å². The van der Waals surface area contributed by atoms with Crippen LogP contribution in [-0.2, 0) is 0 Å². The Balaban J connectivity index is 2.70. The number of nitrogens with zero attached hydrogens (tertiary/aromatic N) is 1. The van der Waals surface area contributed by atoms with Crippen molar-refractivity contribution in [3.05, 3.63) is 32.8 Å². The smallest absolute Gasteiger partial charge is 0.122 e. The minimum atomic E-state index is 0.727. The molecule has 0 atom stereocenters. The van der Waals surface area contributed by atoms with E-state index in [0.29, 0.717) is 0 Å². The molecular formula is C11H12N2S2. The number of hydrogen-bond donors (Lipinski definition) is 1. The molecule has 0 aliphatic rings. The van der Waals surface area contributed by atoms with Gasteiger partial charge >= 0.3 is 0 Å². The molecule has 2 aromatic rings. The fraction of sp³-hybridized carbons (Fsp3) is 0.273. The molecule has 0 aromatic carbocycles. The predicted molar refractivity (Wildman–Crippen MR) is 66.9 cm³/mol. The maximum absolute atomic E-state index is 5.15. The molecule has 4 heteroatoms. The normalized spacial score (nSPS) is 10.6. The molecule has 0 spiro atoms. The van der Waals surface area contributed by atoms with Crippen molar-refractivity contribution >= 4 is 23.6 Å². The molecule has 0 saturated heterocycles. The maximum Gasteiger partial charge on any atom is 0.122 e. The van der Waals surface area contributed by atoms with Gasteiger partial charge in [0.05, 0.1) is 4.88 Å². The Morgan fingerprint density at radius 3 is 2.60 bits per heavy atom. The van der Waals surface area contributed by atoms with Crippen molar-refractivity contribution in [3.63, 3.8) is 0 Å². The van der Waals surface area contributed by atoms with Crippen LogP contribution in [0, 0.1) is 25.4 Å². The average molecular weight is 236 g/mol. The zero-order valence-electron chi connectivity index (χ0n) is 8.92. The number of thiophene rings is 1. The third-order valence-electron chi connectivity index (χ3n) is 2.60. The highest BCUT2D eigenvalue weighted by Crippen LogP contribution is 2.30. The fourth-order valence-corrected chi connectivity index (χ4v) is 2.63. The van der Waals surface area contributed by atoms with Crippen molar-refractivity contribution < 1.29 is 0 Å². The summed E-state index contributed by atoms with van der Waals surface area (Å²) in [5.74, 6) is 0. The molecule has 0 radical (unpaired) electrons. The molecule has 0 amide bonds. The Labute approximate surface area is 98.0 Å². The van der Waals surface area contributed by atoms with Crippen molar-refractivity contribution in [2.45, 2.75) is 20.8 Å². The standard InChI is InChI=1S/C11H12N2S2/c1-6-4-5-15-10(6)9-7(2)8(3)11(14)13-12-9/h4-5H,1-3H3,(H,13,14). The number of aryl methyl sites for hydroxylation is 1. The third-order valence-corrected chi connectivity index (χ3v) is 4.03. The van der Waals surface area contributed by atoms with E-state index in [2.05, 4.69) is 35.5 Å². The van der Waals surface area contributed by atoms with Crippen LogP contribution in [-0.4, -0.2) is 10.2 Å². The van der Waals surface area contributed by atoms with Crippen LogP contribution in [0.3, 0.4) is 0 Å². The van der Waals surface area contributed by atoms with Crippen molar-refractivity contribution in [1.82, 2.24) is 10.2 Å². The quantitative estimate of drug-likeness (QED) is 0.763. The number of aromatic amines is 1. The zero-order chi connectivity index (χ0) is 11.0. The van der Waals surface area contributed by atoms with Crippen molar-refractivity contribution in [2.24, 2.45) is 0 Å². The molecule has 2 aromatic heterocycles. The Bertz CT molecular complexity index is 552. The van der Waals surface area contributed by atoms with E-state index in [0.717, 1.165) is 15.9 Å². The van der Waals surface area contributed by atoms with Crippen molar-refractivity contribution in [1.29, 1.82) is 0 Å². The lowest BCUT2D eigenvalue weighted by Gasteiger charge is -2.06. The summed E-state index contributed by atoms with van der Waals surface area (Å²) in [5, 5.41) is 9.31. The fourth-order valence-electron chi connectivity index (χ4n) is 1.46. The summed E-state index contributed by atoms with van der Waals surface area (Å²) >= 11 is 6.86. The Kier molecular flexibility index (Phi) is 2.71. The zero-order valence-corrected chi connectivity index (χ0v) is 10.6. The molecule has 2 nitrogen and oxygen atoms in total. The van der Waals surface area contributed by atoms with Crippen LogP contribution >= 0.6 is 23.6 Å². The van der Waals surface area contributed by atoms with Gasteiger partial charge in [0.1, 0.15) is 10.3 Å². The lowest BCUT2D eigenvalue weighted by atomic mass is 10.1. The first-order chi connectivity index (χ1) is 7.11. The SMILES string of the molecule is Cc1ccsc1-c1n[nH]c(=S)c(C)c1C. The van der Waals surface area contributed by atoms with Gasteiger partial charge in [-0.15, -0.1) is 11.3 Å². The van der Waals surface area contributed by atoms with Gasteiger partial charge in [0.25, 0.3) is 0 Å². The highest BCUT2D eigenvalue weighted by molar-refractivity contribution is 7.71. The van der Waals surface area contributed by atoms with Gasteiger partial charge in [0.15, 0.2) is 0 Å². The van der Waals surface area contributed by atoms with E-state index in [9.17, 15) is 0 Å². The van der Waals surface area contributed by atoms with E-state index < -0.39 is 0 Å². The van der Waals surface area contributed by atoms with E-state index in [1.165, 1.54) is 16.0 Å². The summed E-state index contributed by atoms with van der Waals surface area (Å²) < 4.78 is 0.727. The van der Waals surface area contributed by atoms with E-state index in [4.69, 9.17) is 12.2 Å². The van der Waals surface area contributed by atoms with Crippen LogP contribution in [0.1, 0.15) is 16.7 Å². The molecule has 0 fully saturated rings. The lowest BCUT2D eigenvalue weighted by Crippen LogP contribution is -1.95. The number of rotatable bonds is 1. The van der Waals surface area contributed by atoms with Crippen molar-refractivity contribution in [3.8, 4) is 10.6 Å². The highest BCUT2D eigenvalue weighted by atomic mass is 32.1. The first-order valence-corrected chi connectivity index (χ1v) is 6.00. The molecule has 1 N–H and O–H groups in total. The summed E-state index contributed by atoms with van der Waals surface area (Å²) in [4.78, 5) is 1.22. The van der Waals surface area contributed by atoms with Crippen LogP contribution in [0.25, 0.3) is 10.6 Å². The lowest BCUT2D eigenvalue weighted by molar-refractivity contribution is 0.988. The Morgan fingerprint density at radius 1 is 1.27 bits per heavy atom. The van der Waals surface area contributed by atoms with Gasteiger partial charge in [-0.1, -0.05) is 12.2 Å². The second-order valence-corrected chi connectivity index (χ2v) is 4.91. The summed E-state index contributed by atoms with van der Waals surface area (Å²) in [7, 11) is 0. The molecule has 0 aliphatic heterocycles. The first kappa shape index (κ1) is 10.5. The van der Waals surface area contributed by atoms with E-state index in [1.54, 1.807) is 11.3 Å². The predicted octanol–water partition coefficient (Wildman–Crippen LogP) is 3.79. The third kappa shape index (κ3) is 1.75. The van der Waals surface area contributed by atoms with E-state index in [-0.39, 0.29) is 0 Å². The molecular weight excluding hydrogens is 224 g/mol. The second-order valence-electron chi connectivity index (χ2n) is 3.58. The van der Waals surface area contributed by atoms with Crippen molar-refractivity contribution in [2.75, 3.05) is 0 Å². The van der Waals surface area contributed by atoms with E-state index >= 15 is 0 Å². The molecule has 15 heavy (non-hydrogen) atoms. The largest absolute Gasteiger partial charge is 0.267 e. The number of aromatic nitrogens is 2. The molecule has 2 rings (SSSR count). The molecule has 78 valence electrons. The van der Waals surface area contributed by atoms with Gasteiger partial charge < -0.3 is 0 Å². The molecule has 0 unspecified atom stereocenters. The average Bonchev–Trinajstić information content (AvgIpc) is 2.62. The highest BCUT2D eigenvalue weighted by Gasteiger charge is 2.10. The summed E-state index contributed by atoms with van der Waals surface area (Å²) in [5.41, 5.74) is 4.57. The monoisotopic (exact) mass is 236 g/mol. The summed E-state index contributed by atoms with van der Waals surface area (Å²) in [6, 6.07) is 2.11.